The Balaban J connectivity index is 1.39. The highest BCUT2D eigenvalue weighted by Crippen LogP contribution is 2.27. The number of rotatable bonds is 6. The average Bonchev–Trinajstić information content (AvgIpc) is 3.13. The third-order valence-corrected chi connectivity index (χ3v) is 6.66. The molecule has 1 amide bonds. The topological polar surface area (TPSA) is 118 Å². The summed E-state index contributed by atoms with van der Waals surface area (Å²) in [5.41, 5.74) is 9.05. The SMILES string of the molecule is Cc1cccc2cc(CNC(=O)c3nccnc3N)c(N3CCCN(Cc4nccn4C)CC3)nc12. The summed E-state index contributed by atoms with van der Waals surface area (Å²) in [5, 5.41) is 4.01. The number of anilines is 2. The molecule has 5 rings (SSSR count). The zero-order valence-corrected chi connectivity index (χ0v) is 20.7. The molecule has 1 fully saturated rings. The number of nitrogens with two attached hydrogens (primary N) is 1. The Labute approximate surface area is 210 Å². The van der Waals surface area contributed by atoms with Gasteiger partial charge in [-0.2, -0.15) is 0 Å². The lowest BCUT2D eigenvalue weighted by molar-refractivity contribution is 0.0946. The molecule has 3 aromatic heterocycles. The highest BCUT2D eigenvalue weighted by molar-refractivity contribution is 5.96. The maximum Gasteiger partial charge on any atom is 0.273 e. The van der Waals surface area contributed by atoms with Crippen molar-refractivity contribution in [2.75, 3.05) is 36.8 Å². The third kappa shape index (κ3) is 4.99. The Morgan fingerprint density at radius 2 is 1.94 bits per heavy atom. The van der Waals surface area contributed by atoms with E-state index < -0.39 is 0 Å². The van der Waals surface area contributed by atoms with Gasteiger partial charge in [0.2, 0.25) is 0 Å². The second kappa shape index (κ2) is 10.3. The minimum Gasteiger partial charge on any atom is -0.382 e. The predicted octanol–water partition coefficient (Wildman–Crippen LogP) is 2.29. The summed E-state index contributed by atoms with van der Waals surface area (Å²) in [7, 11) is 2.03. The lowest BCUT2D eigenvalue weighted by atomic mass is 10.1. The molecule has 36 heavy (non-hydrogen) atoms. The maximum atomic E-state index is 12.8. The van der Waals surface area contributed by atoms with Crippen molar-refractivity contribution in [3.05, 3.63) is 71.7 Å². The monoisotopic (exact) mass is 485 g/mol. The van der Waals surface area contributed by atoms with Gasteiger partial charge in [0.15, 0.2) is 11.5 Å². The Hall–Kier alpha value is -4.05. The number of nitrogen functional groups attached to an aromatic ring is 1. The van der Waals surface area contributed by atoms with Crippen molar-refractivity contribution in [3.63, 3.8) is 0 Å². The number of aryl methyl sites for hydroxylation is 2. The zero-order chi connectivity index (χ0) is 25.1. The first-order valence-electron chi connectivity index (χ1n) is 12.2. The minimum atomic E-state index is -0.354. The van der Waals surface area contributed by atoms with Crippen LogP contribution in [0.15, 0.2) is 49.1 Å². The van der Waals surface area contributed by atoms with Gasteiger partial charge in [0, 0.05) is 75.5 Å². The highest BCUT2D eigenvalue weighted by atomic mass is 16.1. The summed E-state index contributed by atoms with van der Waals surface area (Å²) in [4.78, 5) is 35.2. The molecule has 0 saturated carbocycles. The van der Waals surface area contributed by atoms with E-state index in [1.807, 2.05) is 25.5 Å². The molecular weight excluding hydrogens is 454 g/mol. The van der Waals surface area contributed by atoms with Gasteiger partial charge < -0.3 is 20.5 Å². The van der Waals surface area contributed by atoms with Gasteiger partial charge in [-0.25, -0.2) is 19.9 Å². The van der Waals surface area contributed by atoms with Crippen LogP contribution in [0.3, 0.4) is 0 Å². The van der Waals surface area contributed by atoms with Crippen molar-refractivity contribution in [1.82, 2.24) is 34.7 Å². The van der Waals surface area contributed by atoms with Crippen LogP contribution in [-0.2, 0) is 20.1 Å². The lowest BCUT2D eigenvalue weighted by Gasteiger charge is -2.26. The smallest absolute Gasteiger partial charge is 0.273 e. The molecule has 0 unspecified atom stereocenters. The first-order chi connectivity index (χ1) is 17.5. The molecule has 3 N–H and O–H groups in total. The van der Waals surface area contributed by atoms with Crippen molar-refractivity contribution >= 4 is 28.4 Å². The number of nitrogens with one attached hydrogen (secondary N) is 1. The quantitative estimate of drug-likeness (QED) is 0.427. The van der Waals surface area contributed by atoms with Gasteiger partial charge in [-0.1, -0.05) is 18.2 Å². The van der Waals surface area contributed by atoms with Gasteiger partial charge in [-0.15, -0.1) is 0 Å². The van der Waals surface area contributed by atoms with Crippen LogP contribution in [0.2, 0.25) is 0 Å². The molecule has 10 nitrogen and oxygen atoms in total. The number of benzene rings is 1. The molecule has 0 bridgehead atoms. The van der Waals surface area contributed by atoms with Crippen LogP contribution in [0, 0.1) is 6.92 Å². The zero-order valence-electron chi connectivity index (χ0n) is 20.7. The number of carbonyl (C=O) groups is 1. The number of amides is 1. The summed E-state index contributed by atoms with van der Waals surface area (Å²) in [5.74, 6) is 1.73. The van der Waals surface area contributed by atoms with E-state index in [0.717, 1.165) is 72.8 Å². The fraction of sp³-hybridized carbons (Fsp3) is 0.346. The van der Waals surface area contributed by atoms with Gasteiger partial charge >= 0.3 is 0 Å². The van der Waals surface area contributed by atoms with Crippen molar-refractivity contribution in [2.45, 2.75) is 26.4 Å². The van der Waals surface area contributed by atoms with Crippen molar-refractivity contribution in [2.24, 2.45) is 7.05 Å². The largest absolute Gasteiger partial charge is 0.382 e. The number of imidazole rings is 1. The molecule has 0 spiro atoms. The predicted molar refractivity (Wildman–Crippen MR) is 139 cm³/mol. The van der Waals surface area contributed by atoms with Crippen LogP contribution < -0.4 is 16.0 Å². The summed E-state index contributed by atoms with van der Waals surface area (Å²) < 4.78 is 2.07. The standard InChI is InChI=1S/C26H31N9O/c1-18-5-3-6-19-15-20(16-31-26(36)23-24(27)30-8-7-29-23)25(32-22(18)19)35-11-4-10-34(13-14-35)17-21-28-9-12-33(21)2/h3,5-9,12,15H,4,10-11,13-14,16-17H2,1-2H3,(H2,27,30)(H,31,36). The molecule has 4 aromatic rings. The van der Waals surface area contributed by atoms with Crippen LogP contribution in [0.5, 0.6) is 0 Å². The number of pyridine rings is 1. The lowest BCUT2D eigenvalue weighted by Crippen LogP contribution is -2.33. The number of para-hydroxylation sites is 1. The van der Waals surface area contributed by atoms with E-state index in [1.54, 1.807) is 0 Å². The van der Waals surface area contributed by atoms with Crippen LogP contribution >= 0.6 is 0 Å². The van der Waals surface area contributed by atoms with E-state index in [0.29, 0.717) is 6.54 Å². The molecule has 0 aliphatic carbocycles. The van der Waals surface area contributed by atoms with E-state index in [9.17, 15) is 4.79 Å². The molecule has 0 radical (unpaired) electrons. The van der Waals surface area contributed by atoms with E-state index in [1.165, 1.54) is 12.4 Å². The van der Waals surface area contributed by atoms with Gasteiger partial charge in [0.25, 0.3) is 5.91 Å². The Kier molecular flexibility index (Phi) is 6.77. The number of hydrogen-bond donors (Lipinski definition) is 2. The third-order valence-electron chi connectivity index (χ3n) is 6.66. The summed E-state index contributed by atoms with van der Waals surface area (Å²) >= 11 is 0. The van der Waals surface area contributed by atoms with E-state index >= 15 is 0 Å². The molecule has 4 heterocycles. The van der Waals surface area contributed by atoms with Gasteiger partial charge in [0.1, 0.15) is 11.6 Å². The number of nitrogens with zero attached hydrogens (tertiary/aromatic N) is 7. The molecule has 10 heteroatoms. The number of aromatic nitrogens is 5. The first-order valence-corrected chi connectivity index (χ1v) is 12.2. The van der Waals surface area contributed by atoms with E-state index in [-0.39, 0.29) is 17.4 Å². The molecular formula is C26H31N9O. The summed E-state index contributed by atoms with van der Waals surface area (Å²) in [6, 6.07) is 8.29. The highest BCUT2D eigenvalue weighted by Gasteiger charge is 2.21. The van der Waals surface area contributed by atoms with E-state index in [2.05, 4.69) is 59.8 Å². The molecule has 1 aromatic carbocycles. The fourth-order valence-corrected chi connectivity index (χ4v) is 4.66. The van der Waals surface area contributed by atoms with Crippen LogP contribution in [0.4, 0.5) is 11.6 Å². The van der Waals surface area contributed by atoms with Crippen molar-refractivity contribution in [1.29, 1.82) is 0 Å². The van der Waals surface area contributed by atoms with Gasteiger partial charge in [-0.05, 0) is 25.0 Å². The van der Waals surface area contributed by atoms with Crippen LogP contribution in [-0.4, -0.2) is 61.5 Å². The first kappa shape index (κ1) is 23.7. The van der Waals surface area contributed by atoms with Gasteiger partial charge in [0.05, 0.1) is 12.1 Å². The Morgan fingerprint density at radius 3 is 2.75 bits per heavy atom. The Morgan fingerprint density at radius 1 is 1.08 bits per heavy atom. The van der Waals surface area contributed by atoms with E-state index in [4.69, 9.17) is 10.7 Å². The molecule has 1 saturated heterocycles. The second-order valence-corrected chi connectivity index (χ2v) is 9.16. The summed E-state index contributed by atoms with van der Waals surface area (Å²) in [6.45, 7) is 6.84. The Bertz CT molecular complexity index is 1380. The van der Waals surface area contributed by atoms with Crippen molar-refractivity contribution in [3.8, 4) is 0 Å². The number of fused-ring (bicyclic) bond motifs is 1. The average molecular weight is 486 g/mol. The fourth-order valence-electron chi connectivity index (χ4n) is 4.66. The normalized spacial score (nSPS) is 14.7. The second-order valence-electron chi connectivity index (χ2n) is 9.16. The number of hydrogen-bond acceptors (Lipinski definition) is 8. The molecule has 186 valence electrons. The molecule has 1 aliphatic rings. The number of carbonyl (C=O) groups excluding carboxylic acids is 1. The maximum absolute atomic E-state index is 12.8. The van der Waals surface area contributed by atoms with Crippen LogP contribution in [0.1, 0.15) is 33.9 Å². The molecule has 0 atom stereocenters. The van der Waals surface area contributed by atoms with Crippen LogP contribution in [0.25, 0.3) is 10.9 Å². The van der Waals surface area contributed by atoms with Gasteiger partial charge in [-0.3, -0.25) is 9.69 Å². The van der Waals surface area contributed by atoms with Crippen molar-refractivity contribution < 1.29 is 4.79 Å². The minimum absolute atomic E-state index is 0.114. The molecule has 1 aliphatic heterocycles. The summed E-state index contributed by atoms with van der Waals surface area (Å²) in [6.07, 6.45) is 7.77.